The van der Waals surface area contributed by atoms with Crippen LogP contribution in [-0.4, -0.2) is 43.7 Å². The summed E-state index contributed by atoms with van der Waals surface area (Å²) in [5.41, 5.74) is 0. The number of aromatic hydroxyl groups is 1. The van der Waals surface area contributed by atoms with Crippen molar-refractivity contribution in [3.63, 3.8) is 0 Å². The minimum absolute atomic E-state index is 0.225. The van der Waals surface area contributed by atoms with E-state index < -0.39 is 0 Å². The maximum Gasteiger partial charge on any atom is 0.144 e. The van der Waals surface area contributed by atoms with Gasteiger partial charge >= 0.3 is 0 Å². The molecule has 2 atom stereocenters. The number of epoxide rings is 2. The molecule has 1 N–H and O–H groups in total. The summed E-state index contributed by atoms with van der Waals surface area (Å²) in [6.07, 6.45) is 0.785. The van der Waals surface area contributed by atoms with Crippen molar-refractivity contribution in [1.82, 2.24) is 0 Å². The SMILES string of the molecule is C(OCC1CO1)C1CO1.Oc1c(Br)cc(Br)cc1Br. The van der Waals surface area contributed by atoms with Crippen molar-refractivity contribution in [3.8, 4) is 5.75 Å². The molecule has 0 radical (unpaired) electrons. The number of rotatable bonds is 4. The van der Waals surface area contributed by atoms with Gasteiger partial charge in [0.15, 0.2) is 0 Å². The number of hydrogen-bond donors (Lipinski definition) is 1. The second-order valence-corrected chi connectivity index (χ2v) is 6.79. The second-order valence-electron chi connectivity index (χ2n) is 4.17. The predicted molar refractivity (Wildman–Crippen MR) is 81.5 cm³/mol. The maximum absolute atomic E-state index is 9.22. The van der Waals surface area contributed by atoms with Crippen LogP contribution in [0.1, 0.15) is 0 Å². The van der Waals surface area contributed by atoms with Crippen LogP contribution in [0.2, 0.25) is 0 Å². The Balaban J connectivity index is 0.000000141. The first-order valence-corrected chi connectivity index (χ1v) is 8.08. The van der Waals surface area contributed by atoms with Crippen molar-refractivity contribution in [2.75, 3.05) is 26.4 Å². The van der Waals surface area contributed by atoms with E-state index >= 15 is 0 Å². The van der Waals surface area contributed by atoms with E-state index in [0.29, 0.717) is 21.2 Å². The molecule has 0 bridgehead atoms. The van der Waals surface area contributed by atoms with E-state index in [-0.39, 0.29) is 5.75 Å². The zero-order chi connectivity index (χ0) is 13.8. The largest absolute Gasteiger partial charge is 0.506 e. The highest BCUT2D eigenvalue weighted by Gasteiger charge is 2.26. The Labute approximate surface area is 136 Å². The van der Waals surface area contributed by atoms with Crippen molar-refractivity contribution in [1.29, 1.82) is 0 Å². The molecule has 0 amide bonds. The van der Waals surface area contributed by atoms with Crippen LogP contribution < -0.4 is 0 Å². The lowest BCUT2D eigenvalue weighted by Crippen LogP contribution is -2.06. The van der Waals surface area contributed by atoms with E-state index in [2.05, 4.69) is 47.8 Å². The summed E-state index contributed by atoms with van der Waals surface area (Å²) < 4.78 is 17.4. The second kappa shape index (κ2) is 7.38. The molecule has 106 valence electrons. The summed E-state index contributed by atoms with van der Waals surface area (Å²) in [5.74, 6) is 0.225. The van der Waals surface area contributed by atoms with Crippen LogP contribution in [0.25, 0.3) is 0 Å². The Morgan fingerprint density at radius 1 is 1.05 bits per heavy atom. The number of ether oxygens (including phenoxy) is 3. The average molecular weight is 461 g/mol. The third-order valence-electron chi connectivity index (χ3n) is 2.39. The van der Waals surface area contributed by atoms with E-state index in [1.807, 2.05) is 0 Å². The predicted octanol–water partition coefficient (Wildman–Crippen LogP) is 3.48. The fourth-order valence-corrected chi connectivity index (χ4v) is 3.45. The van der Waals surface area contributed by atoms with Gasteiger partial charge < -0.3 is 19.3 Å². The molecule has 2 heterocycles. The lowest BCUT2D eigenvalue weighted by molar-refractivity contribution is 0.102. The summed E-state index contributed by atoms with van der Waals surface area (Å²) in [6.45, 7) is 3.26. The number of halogens is 3. The quantitative estimate of drug-likeness (QED) is 0.699. The molecule has 0 spiro atoms. The number of phenolic OH excluding ortho intramolecular Hbond substituents is 1. The molecule has 3 rings (SSSR count). The third kappa shape index (κ3) is 6.10. The smallest absolute Gasteiger partial charge is 0.144 e. The topological polar surface area (TPSA) is 54.5 Å². The standard InChI is InChI=1S/C6H3Br3O.C6H10O3/c7-3-1-4(8)6(10)5(9)2-3;1(5-3-8-5)7-2-6-4-9-6/h1-2,10H;5-6H,1-4H2. The van der Waals surface area contributed by atoms with E-state index in [1.54, 1.807) is 12.1 Å². The van der Waals surface area contributed by atoms with Crippen molar-refractivity contribution < 1.29 is 19.3 Å². The first-order valence-electron chi connectivity index (χ1n) is 5.70. The van der Waals surface area contributed by atoms with Crippen LogP contribution in [0.15, 0.2) is 25.6 Å². The monoisotopic (exact) mass is 458 g/mol. The molecule has 0 aromatic heterocycles. The molecule has 19 heavy (non-hydrogen) atoms. The molecule has 2 aliphatic heterocycles. The van der Waals surface area contributed by atoms with Crippen molar-refractivity contribution in [2.45, 2.75) is 12.2 Å². The maximum atomic E-state index is 9.22. The summed E-state index contributed by atoms with van der Waals surface area (Å²) in [5, 5.41) is 9.22. The minimum Gasteiger partial charge on any atom is -0.506 e. The van der Waals surface area contributed by atoms with Crippen molar-refractivity contribution >= 4 is 47.8 Å². The van der Waals surface area contributed by atoms with Crippen molar-refractivity contribution in [3.05, 3.63) is 25.6 Å². The van der Waals surface area contributed by atoms with Gasteiger partial charge in [0.1, 0.15) is 18.0 Å². The average Bonchev–Trinajstić information content (AvgIpc) is 3.21. The van der Waals surface area contributed by atoms with Gasteiger partial charge in [0.05, 0.1) is 35.4 Å². The first kappa shape index (κ1) is 15.7. The van der Waals surface area contributed by atoms with Gasteiger partial charge in [-0.25, -0.2) is 0 Å². The summed E-state index contributed by atoms with van der Waals surface area (Å²) in [7, 11) is 0. The molecular weight excluding hydrogens is 448 g/mol. The molecule has 4 nitrogen and oxygen atoms in total. The molecule has 2 fully saturated rings. The van der Waals surface area contributed by atoms with E-state index in [0.717, 1.165) is 30.9 Å². The van der Waals surface area contributed by atoms with Gasteiger partial charge in [0.2, 0.25) is 0 Å². The zero-order valence-corrected chi connectivity index (χ0v) is 14.7. The molecular formula is C12H13Br3O4. The molecule has 2 saturated heterocycles. The van der Waals surface area contributed by atoms with E-state index in [1.165, 1.54) is 0 Å². The Bertz CT molecular complexity index is 398. The lowest BCUT2D eigenvalue weighted by Gasteiger charge is -1.99. The number of benzene rings is 1. The van der Waals surface area contributed by atoms with Gasteiger partial charge in [-0.15, -0.1) is 0 Å². The Morgan fingerprint density at radius 3 is 1.84 bits per heavy atom. The van der Waals surface area contributed by atoms with Gasteiger partial charge in [-0.05, 0) is 44.0 Å². The first-order chi connectivity index (χ1) is 9.06. The van der Waals surface area contributed by atoms with Crippen LogP contribution in [0.5, 0.6) is 5.75 Å². The molecule has 2 aliphatic rings. The highest BCUT2D eigenvalue weighted by atomic mass is 79.9. The van der Waals surface area contributed by atoms with Gasteiger partial charge in [0.25, 0.3) is 0 Å². The van der Waals surface area contributed by atoms with Crippen LogP contribution in [0.4, 0.5) is 0 Å². The minimum atomic E-state index is 0.225. The third-order valence-corrected chi connectivity index (χ3v) is 4.06. The summed E-state index contributed by atoms with van der Waals surface area (Å²) >= 11 is 9.65. The highest BCUT2D eigenvalue weighted by molar-refractivity contribution is 9.11. The Kier molecular flexibility index (Phi) is 6.11. The lowest BCUT2D eigenvalue weighted by atomic mass is 10.3. The van der Waals surface area contributed by atoms with Crippen molar-refractivity contribution in [2.24, 2.45) is 0 Å². The van der Waals surface area contributed by atoms with Crippen LogP contribution in [0, 0.1) is 0 Å². The zero-order valence-electron chi connectivity index (χ0n) is 9.94. The summed E-state index contributed by atoms with van der Waals surface area (Å²) in [4.78, 5) is 0. The number of hydrogen-bond acceptors (Lipinski definition) is 4. The van der Waals surface area contributed by atoms with Crippen LogP contribution in [-0.2, 0) is 14.2 Å². The van der Waals surface area contributed by atoms with Gasteiger partial charge in [0, 0.05) is 4.47 Å². The Hall–Kier alpha value is 0.340. The van der Waals surface area contributed by atoms with Gasteiger partial charge in [-0.2, -0.15) is 0 Å². The van der Waals surface area contributed by atoms with E-state index in [4.69, 9.17) is 14.2 Å². The number of phenols is 1. The summed E-state index contributed by atoms with van der Waals surface area (Å²) in [6, 6.07) is 3.56. The molecule has 1 aromatic rings. The molecule has 0 aliphatic carbocycles. The molecule has 7 heteroatoms. The fraction of sp³-hybridized carbons (Fsp3) is 0.500. The van der Waals surface area contributed by atoms with Gasteiger partial charge in [-0.3, -0.25) is 0 Å². The normalized spacial score (nSPS) is 23.5. The van der Waals surface area contributed by atoms with Crippen LogP contribution in [0.3, 0.4) is 0 Å². The fourth-order valence-electron chi connectivity index (χ4n) is 1.19. The van der Waals surface area contributed by atoms with Gasteiger partial charge in [-0.1, -0.05) is 15.9 Å². The Morgan fingerprint density at radius 2 is 1.47 bits per heavy atom. The van der Waals surface area contributed by atoms with Crippen LogP contribution >= 0.6 is 47.8 Å². The molecule has 2 unspecified atom stereocenters. The molecule has 0 saturated carbocycles. The molecule has 1 aromatic carbocycles. The van der Waals surface area contributed by atoms with E-state index in [9.17, 15) is 5.11 Å². The highest BCUT2D eigenvalue weighted by Crippen LogP contribution is 2.34.